The smallest absolute Gasteiger partial charge is 0.338 e. The second kappa shape index (κ2) is 6.95. The van der Waals surface area contributed by atoms with Crippen LogP contribution in [-0.2, 0) is 9.53 Å². The summed E-state index contributed by atoms with van der Waals surface area (Å²) < 4.78 is 5.67. The van der Waals surface area contributed by atoms with E-state index in [1.54, 1.807) is 19.1 Å². The lowest BCUT2D eigenvalue weighted by Crippen LogP contribution is -2.45. The number of phenols is 1. The van der Waals surface area contributed by atoms with Gasteiger partial charge in [-0.3, -0.25) is 0 Å². The third kappa shape index (κ3) is 3.53. The standard InChI is InChI=1S/C18H22N2O4/c1-11-15(17(22)24-14-5-3-2-4-6-14)16(20-18(23)19-11)12-7-9-13(21)10-8-12/h7-10,14,16,21H,2-6H2,1H3,(H2,19,20,23)/t16-/m0/s1. The van der Waals surface area contributed by atoms with Crippen LogP contribution < -0.4 is 10.6 Å². The van der Waals surface area contributed by atoms with Crippen molar-refractivity contribution >= 4 is 12.0 Å². The van der Waals surface area contributed by atoms with E-state index in [-0.39, 0.29) is 17.9 Å². The quantitative estimate of drug-likeness (QED) is 0.744. The number of allylic oxidation sites excluding steroid dienone is 1. The molecule has 0 spiro atoms. The van der Waals surface area contributed by atoms with Gasteiger partial charge in [-0.2, -0.15) is 0 Å². The van der Waals surface area contributed by atoms with Crippen LogP contribution in [0.5, 0.6) is 5.75 Å². The molecule has 1 heterocycles. The van der Waals surface area contributed by atoms with Crippen molar-refractivity contribution in [1.29, 1.82) is 0 Å². The fourth-order valence-corrected chi connectivity index (χ4v) is 3.28. The van der Waals surface area contributed by atoms with Gasteiger partial charge in [0, 0.05) is 5.70 Å². The Morgan fingerprint density at radius 2 is 1.83 bits per heavy atom. The number of urea groups is 1. The number of carbonyl (C=O) groups is 2. The van der Waals surface area contributed by atoms with Crippen molar-refractivity contribution in [3.8, 4) is 5.75 Å². The molecule has 0 radical (unpaired) electrons. The van der Waals surface area contributed by atoms with Gasteiger partial charge in [-0.1, -0.05) is 18.6 Å². The van der Waals surface area contributed by atoms with E-state index in [0.717, 1.165) is 31.2 Å². The highest BCUT2D eigenvalue weighted by Gasteiger charge is 2.33. The highest BCUT2D eigenvalue weighted by atomic mass is 16.5. The fraction of sp³-hybridized carbons (Fsp3) is 0.444. The number of aromatic hydroxyl groups is 1. The number of benzene rings is 1. The van der Waals surface area contributed by atoms with E-state index >= 15 is 0 Å². The van der Waals surface area contributed by atoms with Crippen molar-refractivity contribution in [2.45, 2.75) is 51.2 Å². The molecule has 2 aliphatic rings. The minimum absolute atomic E-state index is 0.0513. The number of carbonyl (C=O) groups excluding carboxylic acids is 2. The number of amides is 2. The first-order valence-corrected chi connectivity index (χ1v) is 8.33. The number of hydrogen-bond acceptors (Lipinski definition) is 4. The normalized spacial score (nSPS) is 21.9. The number of esters is 1. The fourth-order valence-electron chi connectivity index (χ4n) is 3.28. The maximum atomic E-state index is 12.7. The van der Waals surface area contributed by atoms with Crippen LogP contribution in [-0.4, -0.2) is 23.2 Å². The van der Waals surface area contributed by atoms with E-state index in [2.05, 4.69) is 10.6 Å². The molecule has 1 aliphatic heterocycles. The predicted octanol–water partition coefficient (Wildman–Crippen LogP) is 2.90. The van der Waals surface area contributed by atoms with Crippen LogP contribution >= 0.6 is 0 Å². The molecule has 1 atom stereocenters. The third-order valence-electron chi connectivity index (χ3n) is 4.54. The van der Waals surface area contributed by atoms with E-state index in [4.69, 9.17) is 4.74 Å². The Kier molecular flexibility index (Phi) is 4.74. The van der Waals surface area contributed by atoms with Crippen molar-refractivity contribution in [3.63, 3.8) is 0 Å². The highest BCUT2D eigenvalue weighted by Crippen LogP contribution is 2.30. The van der Waals surface area contributed by atoms with Crippen LogP contribution in [0.25, 0.3) is 0 Å². The van der Waals surface area contributed by atoms with Crippen LogP contribution in [0.1, 0.15) is 50.6 Å². The van der Waals surface area contributed by atoms with Gasteiger partial charge < -0.3 is 20.5 Å². The van der Waals surface area contributed by atoms with Gasteiger partial charge in [0.05, 0.1) is 11.6 Å². The molecule has 1 fully saturated rings. The first-order valence-electron chi connectivity index (χ1n) is 8.33. The van der Waals surface area contributed by atoms with Crippen molar-refractivity contribution < 1.29 is 19.4 Å². The second-order valence-corrected chi connectivity index (χ2v) is 6.33. The largest absolute Gasteiger partial charge is 0.508 e. The molecule has 0 aromatic heterocycles. The second-order valence-electron chi connectivity index (χ2n) is 6.33. The molecule has 6 nitrogen and oxygen atoms in total. The molecule has 2 amide bonds. The number of phenolic OH excluding ortho intramolecular Hbond substituents is 1. The lowest BCUT2D eigenvalue weighted by Gasteiger charge is -2.30. The Morgan fingerprint density at radius 3 is 2.50 bits per heavy atom. The maximum absolute atomic E-state index is 12.7. The van der Waals surface area contributed by atoms with Crippen LogP contribution in [0.15, 0.2) is 35.5 Å². The lowest BCUT2D eigenvalue weighted by molar-refractivity contribution is -0.146. The summed E-state index contributed by atoms with van der Waals surface area (Å²) in [5.41, 5.74) is 1.63. The van der Waals surface area contributed by atoms with E-state index in [0.29, 0.717) is 11.3 Å². The molecular weight excluding hydrogens is 308 g/mol. The average molecular weight is 330 g/mol. The molecule has 0 bridgehead atoms. The molecule has 128 valence electrons. The van der Waals surface area contributed by atoms with Gasteiger partial charge in [0.25, 0.3) is 0 Å². The molecule has 24 heavy (non-hydrogen) atoms. The van der Waals surface area contributed by atoms with Gasteiger partial charge >= 0.3 is 12.0 Å². The number of hydrogen-bond donors (Lipinski definition) is 3. The Labute approximate surface area is 140 Å². The highest BCUT2D eigenvalue weighted by molar-refractivity contribution is 5.95. The summed E-state index contributed by atoms with van der Waals surface area (Å²) in [6, 6.07) is 5.49. The van der Waals surface area contributed by atoms with Crippen molar-refractivity contribution in [1.82, 2.24) is 10.6 Å². The first kappa shape index (κ1) is 16.4. The summed E-state index contributed by atoms with van der Waals surface area (Å²) in [5.74, 6) is -0.268. The number of nitrogens with one attached hydrogen (secondary N) is 2. The van der Waals surface area contributed by atoms with Crippen molar-refractivity contribution in [2.24, 2.45) is 0 Å². The molecule has 0 saturated heterocycles. The topological polar surface area (TPSA) is 87.7 Å². The Hall–Kier alpha value is -2.50. The van der Waals surface area contributed by atoms with Crippen molar-refractivity contribution in [2.75, 3.05) is 0 Å². The zero-order valence-corrected chi connectivity index (χ0v) is 13.7. The minimum atomic E-state index is -0.588. The molecule has 1 aromatic carbocycles. The molecule has 3 rings (SSSR count). The average Bonchev–Trinajstić information content (AvgIpc) is 2.55. The molecule has 3 N–H and O–H groups in total. The molecular formula is C18H22N2O4. The van der Waals surface area contributed by atoms with Crippen LogP contribution in [0.4, 0.5) is 4.79 Å². The van der Waals surface area contributed by atoms with E-state index in [1.807, 2.05) is 0 Å². The first-order chi connectivity index (χ1) is 11.5. The molecule has 1 aromatic rings. The number of rotatable bonds is 3. The van der Waals surface area contributed by atoms with E-state index in [9.17, 15) is 14.7 Å². The van der Waals surface area contributed by atoms with Gasteiger partial charge in [-0.25, -0.2) is 9.59 Å². The van der Waals surface area contributed by atoms with E-state index in [1.165, 1.54) is 18.6 Å². The minimum Gasteiger partial charge on any atom is -0.508 e. The van der Waals surface area contributed by atoms with E-state index < -0.39 is 12.0 Å². The Bertz CT molecular complexity index is 660. The van der Waals surface area contributed by atoms with Crippen molar-refractivity contribution in [3.05, 3.63) is 41.1 Å². The zero-order chi connectivity index (χ0) is 17.1. The Balaban J connectivity index is 1.85. The van der Waals surface area contributed by atoms with Crippen LogP contribution in [0.2, 0.25) is 0 Å². The molecule has 1 aliphatic carbocycles. The molecule has 6 heteroatoms. The van der Waals surface area contributed by atoms with Gasteiger partial charge in [0.15, 0.2) is 0 Å². The third-order valence-corrected chi connectivity index (χ3v) is 4.54. The maximum Gasteiger partial charge on any atom is 0.338 e. The van der Waals surface area contributed by atoms with Crippen LogP contribution in [0, 0.1) is 0 Å². The molecule has 1 saturated carbocycles. The monoisotopic (exact) mass is 330 g/mol. The summed E-state index contributed by atoms with van der Waals surface area (Å²) in [6.45, 7) is 1.70. The van der Waals surface area contributed by atoms with Gasteiger partial charge in [0.1, 0.15) is 11.9 Å². The summed E-state index contributed by atoms with van der Waals surface area (Å²) in [5, 5.41) is 14.8. The predicted molar refractivity (Wildman–Crippen MR) is 88.2 cm³/mol. The molecule has 0 unspecified atom stereocenters. The number of ether oxygens (including phenoxy) is 1. The van der Waals surface area contributed by atoms with Gasteiger partial charge in [-0.15, -0.1) is 0 Å². The summed E-state index contributed by atoms with van der Waals surface area (Å²) in [7, 11) is 0. The summed E-state index contributed by atoms with van der Waals surface area (Å²) in [4.78, 5) is 24.5. The summed E-state index contributed by atoms with van der Waals surface area (Å²) in [6.07, 6.45) is 5.07. The van der Waals surface area contributed by atoms with Gasteiger partial charge in [0.2, 0.25) is 0 Å². The SMILES string of the molecule is CC1=C(C(=O)OC2CCCCC2)[C@H](c2ccc(O)cc2)NC(=O)N1. The Morgan fingerprint density at radius 1 is 1.17 bits per heavy atom. The zero-order valence-electron chi connectivity index (χ0n) is 13.7. The van der Waals surface area contributed by atoms with Gasteiger partial charge in [-0.05, 0) is 50.3 Å². The van der Waals surface area contributed by atoms with Crippen LogP contribution in [0.3, 0.4) is 0 Å². The lowest BCUT2D eigenvalue weighted by atomic mass is 9.94. The summed E-state index contributed by atoms with van der Waals surface area (Å²) >= 11 is 0.